The number of hydrogen-bond donors (Lipinski definition) is 2. The molecule has 0 fully saturated rings. The summed E-state index contributed by atoms with van der Waals surface area (Å²) < 4.78 is 1.31. The zero-order valence-corrected chi connectivity index (χ0v) is 16.4. The smallest absolute Gasteiger partial charge is 0.322 e. The molecule has 0 saturated carbocycles. The summed E-state index contributed by atoms with van der Waals surface area (Å²) in [6.07, 6.45) is 1.40. The maximum Gasteiger partial charge on any atom is 0.332 e. The SMILES string of the molecule is O=C(Nc1ccc(-n2ccc(=O)[nH]c2=O)cc1)c1cccc(-c2cccc(Cl)c2)c1. The average Bonchev–Trinajstić information content (AvgIpc) is 2.75. The van der Waals surface area contributed by atoms with Crippen molar-refractivity contribution in [3.63, 3.8) is 0 Å². The highest BCUT2D eigenvalue weighted by molar-refractivity contribution is 6.30. The summed E-state index contributed by atoms with van der Waals surface area (Å²) in [6, 6.07) is 22.7. The summed E-state index contributed by atoms with van der Waals surface area (Å²) >= 11 is 6.06. The Labute approximate surface area is 176 Å². The number of carbonyl (C=O) groups excluding carboxylic acids is 1. The van der Waals surface area contributed by atoms with Crippen LogP contribution < -0.4 is 16.6 Å². The molecular weight excluding hydrogens is 402 g/mol. The first-order valence-corrected chi connectivity index (χ1v) is 9.47. The van der Waals surface area contributed by atoms with E-state index in [4.69, 9.17) is 11.6 Å². The number of aromatic amines is 1. The first kappa shape index (κ1) is 19.4. The molecule has 6 nitrogen and oxygen atoms in total. The largest absolute Gasteiger partial charge is 0.332 e. The van der Waals surface area contributed by atoms with Crippen molar-refractivity contribution in [1.82, 2.24) is 9.55 Å². The number of benzene rings is 3. The molecule has 0 spiro atoms. The third kappa shape index (κ3) is 4.24. The van der Waals surface area contributed by atoms with Crippen molar-refractivity contribution in [2.45, 2.75) is 0 Å². The Bertz CT molecular complexity index is 1340. The van der Waals surface area contributed by atoms with Gasteiger partial charge in [0, 0.05) is 28.5 Å². The highest BCUT2D eigenvalue weighted by Crippen LogP contribution is 2.24. The van der Waals surface area contributed by atoms with E-state index in [1.54, 1.807) is 42.5 Å². The van der Waals surface area contributed by atoms with Crippen LogP contribution in [-0.2, 0) is 0 Å². The fourth-order valence-electron chi connectivity index (χ4n) is 3.04. The Morgan fingerprint density at radius 3 is 2.27 bits per heavy atom. The van der Waals surface area contributed by atoms with E-state index in [1.807, 2.05) is 30.3 Å². The Morgan fingerprint density at radius 1 is 0.867 bits per heavy atom. The number of rotatable bonds is 4. The van der Waals surface area contributed by atoms with Gasteiger partial charge in [0.1, 0.15) is 0 Å². The van der Waals surface area contributed by atoms with Crippen LogP contribution in [0.3, 0.4) is 0 Å². The summed E-state index contributed by atoms with van der Waals surface area (Å²) in [6.45, 7) is 0. The summed E-state index contributed by atoms with van der Waals surface area (Å²) in [7, 11) is 0. The number of H-pyrrole nitrogens is 1. The Balaban J connectivity index is 1.53. The molecule has 0 atom stereocenters. The van der Waals surface area contributed by atoms with E-state index < -0.39 is 11.2 Å². The number of anilines is 1. The summed E-state index contributed by atoms with van der Waals surface area (Å²) in [4.78, 5) is 38.0. The van der Waals surface area contributed by atoms with Gasteiger partial charge in [-0.25, -0.2) is 4.79 Å². The fourth-order valence-corrected chi connectivity index (χ4v) is 3.23. The van der Waals surface area contributed by atoms with Crippen LogP contribution in [0.25, 0.3) is 16.8 Å². The molecule has 0 aliphatic carbocycles. The van der Waals surface area contributed by atoms with Gasteiger partial charge in [-0.2, -0.15) is 0 Å². The maximum atomic E-state index is 12.7. The molecule has 1 aromatic heterocycles. The van der Waals surface area contributed by atoms with Gasteiger partial charge in [0.25, 0.3) is 11.5 Å². The van der Waals surface area contributed by atoms with Crippen molar-refractivity contribution in [2.75, 3.05) is 5.32 Å². The highest BCUT2D eigenvalue weighted by atomic mass is 35.5. The Morgan fingerprint density at radius 2 is 1.57 bits per heavy atom. The first-order valence-electron chi connectivity index (χ1n) is 9.09. The molecule has 7 heteroatoms. The maximum absolute atomic E-state index is 12.7. The number of nitrogens with zero attached hydrogens (tertiary/aromatic N) is 1. The van der Waals surface area contributed by atoms with Gasteiger partial charge in [-0.1, -0.05) is 35.9 Å². The molecule has 0 unspecified atom stereocenters. The monoisotopic (exact) mass is 417 g/mol. The van der Waals surface area contributed by atoms with E-state index in [0.717, 1.165) is 11.1 Å². The molecular formula is C23H16ClN3O3. The van der Waals surface area contributed by atoms with Crippen molar-refractivity contribution < 1.29 is 4.79 Å². The van der Waals surface area contributed by atoms with Crippen molar-refractivity contribution in [1.29, 1.82) is 0 Å². The first-order chi connectivity index (χ1) is 14.5. The predicted octanol–water partition coefficient (Wildman–Crippen LogP) is 4.10. The zero-order chi connectivity index (χ0) is 21.1. The van der Waals surface area contributed by atoms with Crippen molar-refractivity contribution in [2.24, 2.45) is 0 Å². The van der Waals surface area contributed by atoms with E-state index in [1.165, 1.54) is 16.8 Å². The summed E-state index contributed by atoms with van der Waals surface area (Å²) in [5.74, 6) is -0.257. The molecule has 30 heavy (non-hydrogen) atoms. The second-order valence-corrected chi connectivity index (χ2v) is 7.01. The van der Waals surface area contributed by atoms with Crippen LogP contribution in [0, 0.1) is 0 Å². The van der Waals surface area contributed by atoms with E-state index >= 15 is 0 Å². The topological polar surface area (TPSA) is 84.0 Å². The minimum Gasteiger partial charge on any atom is -0.322 e. The average molecular weight is 418 g/mol. The van der Waals surface area contributed by atoms with Crippen molar-refractivity contribution in [3.8, 4) is 16.8 Å². The summed E-state index contributed by atoms with van der Waals surface area (Å²) in [5, 5.41) is 3.47. The quantitative estimate of drug-likeness (QED) is 0.524. The molecule has 0 saturated heterocycles. The Hall–Kier alpha value is -3.90. The number of carbonyl (C=O) groups is 1. The van der Waals surface area contributed by atoms with Crippen LogP contribution in [0.5, 0.6) is 0 Å². The molecule has 1 heterocycles. The van der Waals surface area contributed by atoms with Gasteiger partial charge < -0.3 is 5.32 Å². The molecule has 0 radical (unpaired) electrons. The van der Waals surface area contributed by atoms with Crippen molar-refractivity contribution in [3.05, 3.63) is 116 Å². The van der Waals surface area contributed by atoms with E-state index in [-0.39, 0.29) is 5.91 Å². The third-order valence-electron chi connectivity index (χ3n) is 4.51. The predicted molar refractivity (Wildman–Crippen MR) is 118 cm³/mol. The van der Waals surface area contributed by atoms with E-state index in [0.29, 0.717) is 22.0 Å². The second-order valence-electron chi connectivity index (χ2n) is 6.57. The van der Waals surface area contributed by atoms with Crippen LogP contribution in [0.4, 0.5) is 5.69 Å². The number of aromatic nitrogens is 2. The zero-order valence-electron chi connectivity index (χ0n) is 15.6. The lowest BCUT2D eigenvalue weighted by atomic mass is 10.0. The third-order valence-corrected chi connectivity index (χ3v) is 4.75. The van der Waals surface area contributed by atoms with Crippen LogP contribution in [0.2, 0.25) is 5.02 Å². The molecule has 3 aromatic carbocycles. The summed E-state index contributed by atoms with van der Waals surface area (Å²) in [5.41, 5.74) is 2.48. The molecule has 0 aliphatic heterocycles. The minimum absolute atomic E-state index is 0.257. The minimum atomic E-state index is -0.530. The van der Waals surface area contributed by atoms with Gasteiger partial charge in [-0.05, 0) is 59.7 Å². The molecule has 0 bridgehead atoms. The van der Waals surface area contributed by atoms with Gasteiger partial charge in [0.05, 0.1) is 5.69 Å². The van der Waals surface area contributed by atoms with Gasteiger partial charge in [-0.15, -0.1) is 0 Å². The lowest BCUT2D eigenvalue weighted by Crippen LogP contribution is -2.27. The standard InChI is InChI=1S/C23H16ClN3O3/c24-18-6-2-4-16(14-18)15-3-1-5-17(13-15)22(29)25-19-7-9-20(10-8-19)27-12-11-21(28)26-23(27)30/h1-14H,(H,25,29)(H,26,28,30). The lowest BCUT2D eigenvalue weighted by molar-refractivity contribution is 0.102. The number of amides is 1. The molecule has 1 amide bonds. The van der Waals surface area contributed by atoms with Gasteiger partial charge >= 0.3 is 5.69 Å². The number of nitrogens with one attached hydrogen (secondary N) is 2. The highest BCUT2D eigenvalue weighted by Gasteiger charge is 2.09. The molecule has 0 aliphatic rings. The van der Waals surface area contributed by atoms with Gasteiger partial charge in [0.15, 0.2) is 0 Å². The molecule has 4 rings (SSSR count). The Kier molecular flexibility index (Phi) is 5.32. The van der Waals surface area contributed by atoms with Crippen LogP contribution >= 0.6 is 11.6 Å². The van der Waals surface area contributed by atoms with Crippen LogP contribution in [0.1, 0.15) is 10.4 Å². The van der Waals surface area contributed by atoms with E-state index in [2.05, 4.69) is 10.3 Å². The lowest BCUT2D eigenvalue weighted by Gasteiger charge is -2.09. The van der Waals surface area contributed by atoms with E-state index in [9.17, 15) is 14.4 Å². The number of halogens is 1. The van der Waals surface area contributed by atoms with Crippen LogP contribution in [-0.4, -0.2) is 15.5 Å². The second kappa shape index (κ2) is 8.23. The van der Waals surface area contributed by atoms with Crippen molar-refractivity contribution >= 4 is 23.2 Å². The molecule has 2 N–H and O–H groups in total. The molecule has 4 aromatic rings. The van der Waals surface area contributed by atoms with Gasteiger partial charge in [-0.3, -0.25) is 19.1 Å². The number of hydrogen-bond acceptors (Lipinski definition) is 3. The normalized spacial score (nSPS) is 10.6. The molecule has 148 valence electrons. The van der Waals surface area contributed by atoms with Gasteiger partial charge in [0.2, 0.25) is 0 Å². The van der Waals surface area contributed by atoms with Crippen LogP contribution in [0.15, 0.2) is 94.6 Å². The fraction of sp³-hybridized carbons (Fsp3) is 0.